The lowest BCUT2D eigenvalue weighted by molar-refractivity contribution is -0.120. The predicted octanol–water partition coefficient (Wildman–Crippen LogP) is 1.32. The van der Waals surface area contributed by atoms with Gasteiger partial charge < -0.3 is 10.1 Å². The molecule has 0 spiro atoms. The zero-order valence-electron chi connectivity index (χ0n) is 13.1. The van der Waals surface area contributed by atoms with E-state index in [2.05, 4.69) is 11.9 Å². The molecule has 0 aliphatic heterocycles. The molecule has 1 aromatic rings. The van der Waals surface area contributed by atoms with Crippen LogP contribution >= 0.6 is 0 Å². The molecule has 0 bridgehead atoms. The summed E-state index contributed by atoms with van der Waals surface area (Å²) < 4.78 is 31.3. The first-order chi connectivity index (χ1) is 10.3. The number of ether oxygens (including phenoxy) is 1. The molecule has 1 amide bonds. The van der Waals surface area contributed by atoms with Gasteiger partial charge in [0.2, 0.25) is 15.9 Å². The van der Waals surface area contributed by atoms with Crippen molar-refractivity contribution in [1.82, 2.24) is 9.62 Å². The first kappa shape index (κ1) is 18.2. The second kappa shape index (κ2) is 7.95. The molecule has 0 aliphatic carbocycles. The summed E-state index contributed by atoms with van der Waals surface area (Å²) in [6, 6.07) is 4.64. The van der Waals surface area contributed by atoms with Crippen LogP contribution in [0.25, 0.3) is 0 Å². The van der Waals surface area contributed by atoms with E-state index < -0.39 is 10.0 Å². The summed E-state index contributed by atoms with van der Waals surface area (Å²) in [6.07, 6.45) is 1.53. The molecule has 122 valence electrons. The topological polar surface area (TPSA) is 75.7 Å². The molecule has 0 saturated heterocycles. The van der Waals surface area contributed by atoms with E-state index in [0.717, 1.165) is 9.87 Å². The molecule has 0 atom stereocenters. The summed E-state index contributed by atoms with van der Waals surface area (Å²) in [5, 5.41) is 2.54. The predicted molar refractivity (Wildman–Crippen MR) is 85.4 cm³/mol. The van der Waals surface area contributed by atoms with Gasteiger partial charge >= 0.3 is 0 Å². The molecule has 0 aromatic heterocycles. The van der Waals surface area contributed by atoms with Crippen molar-refractivity contribution in [2.45, 2.75) is 18.7 Å². The van der Waals surface area contributed by atoms with Crippen LogP contribution in [-0.2, 0) is 14.8 Å². The molecule has 0 fully saturated rings. The van der Waals surface area contributed by atoms with Crippen LogP contribution in [0, 0.1) is 6.92 Å². The molecule has 0 heterocycles. The Labute approximate surface area is 131 Å². The molecular formula is C15H22N2O4S. The maximum atomic E-state index is 12.4. The minimum atomic E-state index is -3.72. The molecule has 0 unspecified atom stereocenters. The Hall–Kier alpha value is -1.86. The van der Waals surface area contributed by atoms with Gasteiger partial charge in [0.1, 0.15) is 5.75 Å². The van der Waals surface area contributed by atoms with Crippen LogP contribution in [-0.4, -0.2) is 45.4 Å². The first-order valence-corrected chi connectivity index (χ1v) is 8.34. The molecule has 1 rings (SSSR count). The SMILES string of the molecule is C=CCNC(=O)CN(C)S(=O)(=O)c1ccc(OCC)c(C)c1. The molecule has 6 nitrogen and oxygen atoms in total. The van der Waals surface area contributed by atoms with Crippen molar-refractivity contribution < 1.29 is 17.9 Å². The summed E-state index contributed by atoms with van der Waals surface area (Å²) in [7, 11) is -2.35. The van der Waals surface area contributed by atoms with Gasteiger partial charge in [-0.15, -0.1) is 6.58 Å². The smallest absolute Gasteiger partial charge is 0.243 e. The lowest BCUT2D eigenvalue weighted by Gasteiger charge is -2.17. The van der Waals surface area contributed by atoms with E-state index in [1.807, 2.05) is 6.92 Å². The van der Waals surface area contributed by atoms with E-state index in [9.17, 15) is 13.2 Å². The van der Waals surface area contributed by atoms with E-state index in [1.165, 1.54) is 19.2 Å². The van der Waals surface area contributed by atoms with Crippen molar-refractivity contribution in [2.75, 3.05) is 26.7 Å². The van der Waals surface area contributed by atoms with Crippen molar-refractivity contribution in [1.29, 1.82) is 0 Å². The van der Waals surface area contributed by atoms with Crippen LogP contribution in [0.1, 0.15) is 12.5 Å². The quantitative estimate of drug-likeness (QED) is 0.731. The number of nitrogens with zero attached hydrogens (tertiary/aromatic N) is 1. The van der Waals surface area contributed by atoms with Gasteiger partial charge in [-0.2, -0.15) is 4.31 Å². The second-order valence-electron chi connectivity index (χ2n) is 4.71. The van der Waals surface area contributed by atoms with Crippen LogP contribution < -0.4 is 10.1 Å². The zero-order valence-corrected chi connectivity index (χ0v) is 13.9. The van der Waals surface area contributed by atoms with E-state index in [0.29, 0.717) is 18.9 Å². The third-order valence-corrected chi connectivity index (χ3v) is 4.76. The Morgan fingerprint density at radius 1 is 1.45 bits per heavy atom. The number of benzene rings is 1. The van der Waals surface area contributed by atoms with Crippen LogP contribution in [0.4, 0.5) is 0 Å². The van der Waals surface area contributed by atoms with Crippen LogP contribution in [0.15, 0.2) is 35.7 Å². The average Bonchev–Trinajstić information content (AvgIpc) is 2.47. The highest BCUT2D eigenvalue weighted by Gasteiger charge is 2.23. The molecule has 0 radical (unpaired) electrons. The lowest BCUT2D eigenvalue weighted by atomic mass is 10.2. The Bertz CT molecular complexity index is 641. The monoisotopic (exact) mass is 326 g/mol. The molecular weight excluding hydrogens is 304 g/mol. The first-order valence-electron chi connectivity index (χ1n) is 6.90. The van der Waals surface area contributed by atoms with Gasteiger partial charge in [-0.3, -0.25) is 4.79 Å². The van der Waals surface area contributed by atoms with Gasteiger partial charge in [0, 0.05) is 13.6 Å². The maximum Gasteiger partial charge on any atom is 0.243 e. The maximum absolute atomic E-state index is 12.4. The van der Waals surface area contributed by atoms with Gasteiger partial charge in [-0.1, -0.05) is 6.08 Å². The molecule has 22 heavy (non-hydrogen) atoms. The number of hydrogen-bond donors (Lipinski definition) is 1. The standard InChI is InChI=1S/C15H22N2O4S/c1-5-9-16-15(18)11-17(4)22(19,20)13-7-8-14(21-6-2)12(3)10-13/h5,7-8,10H,1,6,9,11H2,2-4H3,(H,16,18). The fourth-order valence-corrected chi connectivity index (χ4v) is 3.02. The summed E-state index contributed by atoms with van der Waals surface area (Å²) in [5.41, 5.74) is 0.729. The van der Waals surface area contributed by atoms with Gasteiger partial charge in [-0.25, -0.2) is 8.42 Å². The third-order valence-electron chi connectivity index (χ3n) is 2.96. The van der Waals surface area contributed by atoms with E-state index in [1.54, 1.807) is 19.1 Å². The minimum Gasteiger partial charge on any atom is -0.494 e. The molecule has 1 aromatic carbocycles. The summed E-state index contributed by atoms with van der Waals surface area (Å²) in [4.78, 5) is 11.7. The number of rotatable bonds is 8. The average molecular weight is 326 g/mol. The fraction of sp³-hybridized carbons (Fsp3) is 0.400. The largest absolute Gasteiger partial charge is 0.494 e. The van der Waals surface area contributed by atoms with Crippen LogP contribution in [0.5, 0.6) is 5.75 Å². The third kappa shape index (κ3) is 4.57. The highest BCUT2D eigenvalue weighted by Crippen LogP contribution is 2.23. The Morgan fingerprint density at radius 3 is 2.68 bits per heavy atom. The van der Waals surface area contributed by atoms with Crippen molar-refractivity contribution in [3.8, 4) is 5.75 Å². The Kier molecular flexibility index (Phi) is 6.58. The number of aryl methyl sites for hydroxylation is 1. The molecule has 7 heteroatoms. The van der Waals surface area contributed by atoms with Gasteiger partial charge in [0.05, 0.1) is 18.0 Å². The summed E-state index contributed by atoms with van der Waals surface area (Å²) >= 11 is 0. The van der Waals surface area contributed by atoms with Crippen LogP contribution in [0.2, 0.25) is 0 Å². The number of carbonyl (C=O) groups excluding carboxylic acids is 1. The summed E-state index contributed by atoms with van der Waals surface area (Å²) in [6.45, 7) is 7.69. The highest BCUT2D eigenvalue weighted by molar-refractivity contribution is 7.89. The normalized spacial score (nSPS) is 11.3. The van der Waals surface area contributed by atoms with E-state index in [4.69, 9.17) is 4.74 Å². The van der Waals surface area contributed by atoms with Crippen molar-refractivity contribution in [3.05, 3.63) is 36.4 Å². The van der Waals surface area contributed by atoms with Crippen molar-refractivity contribution in [3.63, 3.8) is 0 Å². The van der Waals surface area contributed by atoms with Crippen LogP contribution in [0.3, 0.4) is 0 Å². The minimum absolute atomic E-state index is 0.132. The number of nitrogens with one attached hydrogen (secondary N) is 1. The Balaban J connectivity index is 2.91. The number of sulfonamides is 1. The van der Waals surface area contributed by atoms with Gasteiger partial charge in [0.25, 0.3) is 0 Å². The van der Waals surface area contributed by atoms with E-state index in [-0.39, 0.29) is 17.3 Å². The van der Waals surface area contributed by atoms with Crippen molar-refractivity contribution >= 4 is 15.9 Å². The molecule has 0 saturated carbocycles. The number of amides is 1. The zero-order chi connectivity index (χ0) is 16.8. The molecule has 0 aliphatic rings. The fourth-order valence-electron chi connectivity index (χ4n) is 1.81. The lowest BCUT2D eigenvalue weighted by Crippen LogP contribution is -2.38. The number of carbonyl (C=O) groups is 1. The Morgan fingerprint density at radius 2 is 2.14 bits per heavy atom. The molecule has 1 N–H and O–H groups in total. The van der Waals surface area contributed by atoms with Crippen molar-refractivity contribution in [2.24, 2.45) is 0 Å². The second-order valence-corrected chi connectivity index (χ2v) is 6.76. The number of hydrogen-bond acceptors (Lipinski definition) is 4. The highest BCUT2D eigenvalue weighted by atomic mass is 32.2. The van der Waals surface area contributed by atoms with Gasteiger partial charge in [-0.05, 0) is 37.6 Å². The number of likely N-dealkylation sites (N-methyl/N-ethyl adjacent to an activating group) is 1. The van der Waals surface area contributed by atoms with Gasteiger partial charge in [0.15, 0.2) is 0 Å². The van der Waals surface area contributed by atoms with E-state index >= 15 is 0 Å². The summed E-state index contributed by atoms with van der Waals surface area (Å²) in [5.74, 6) is 0.265.